The van der Waals surface area contributed by atoms with E-state index in [0.29, 0.717) is 0 Å². The van der Waals surface area contributed by atoms with Gasteiger partial charge in [-0.15, -0.1) is 0 Å². The zero-order valence-electron chi connectivity index (χ0n) is 27.8. The maximum absolute atomic E-state index is 14.0. The number of likely N-dealkylation sites (tertiary alicyclic amines) is 1. The lowest BCUT2D eigenvalue weighted by atomic mass is 9.86. The SMILES string of the molecule is CC(=O)O[C@@H]1[C@@H](OCc2ccccc2)[C@H](OC(C)=O)[C@@H](COCc2ccccc2)N(C(=O)OCC(Cl)(Cl)Cl)[C@@H]1C/C=C/S(=O)(=O)c1ccccc1. The molecule has 0 unspecified atom stereocenters. The molecule has 0 radical (unpaired) electrons. The number of amides is 1. The molecule has 4 rings (SSSR count). The molecule has 3 aromatic rings. The normalized spacial score (nSPS) is 20.9. The van der Waals surface area contributed by atoms with Gasteiger partial charge in [0, 0.05) is 19.3 Å². The van der Waals surface area contributed by atoms with Gasteiger partial charge in [-0.3, -0.25) is 14.5 Å². The monoisotopic (exact) mass is 781 g/mol. The van der Waals surface area contributed by atoms with Crippen LogP contribution < -0.4 is 0 Å². The van der Waals surface area contributed by atoms with Crippen LogP contribution in [-0.4, -0.2) is 78.8 Å². The summed E-state index contributed by atoms with van der Waals surface area (Å²) in [5, 5.41) is 0.997. The van der Waals surface area contributed by atoms with Crippen LogP contribution in [0.15, 0.2) is 107 Å². The predicted octanol–water partition coefficient (Wildman–Crippen LogP) is 6.59. The van der Waals surface area contributed by atoms with E-state index in [4.69, 9.17) is 58.5 Å². The maximum Gasteiger partial charge on any atom is 0.410 e. The van der Waals surface area contributed by atoms with Crippen molar-refractivity contribution < 1.29 is 46.5 Å². The zero-order valence-corrected chi connectivity index (χ0v) is 30.9. The van der Waals surface area contributed by atoms with Crippen LogP contribution in [0.25, 0.3) is 0 Å². The van der Waals surface area contributed by atoms with Gasteiger partial charge in [0.1, 0.15) is 12.7 Å². The molecule has 0 spiro atoms. The predicted molar refractivity (Wildman–Crippen MR) is 191 cm³/mol. The van der Waals surface area contributed by atoms with Gasteiger partial charge in [-0.2, -0.15) is 0 Å². The molecule has 0 aliphatic carbocycles. The first-order valence-electron chi connectivity index (χ1n) is 15.9. The molecular formula is C36H38Cl3NO10S. The Morgan fingerprint density at radius 1 is 0.745 bits per heavy atom. The third kappa shape index (κ3) is 12.2. The lowest BCUT2D eigenvalue weighted by molar-refractivity contribution is -0.216. The van der Waals surface area contributed by atoms with Gasteiger partial charge in [0.25, 0.3) is 0 Å². The number of hydrogen-bond donors (Lipinski definition) is 0. The van der Waals surface area contributed by atoms with Crippen molar-refractivity contribution in [2.75, 3.05) is 13.2 Å². The molecule has 1 amide bonds. The molecule has 1 aliphatic rings. The molecule has 1 fully saturated rings. The van der Waals surface area contributed by atoms with Gasteiger partial charge in [-0.25, -0.2) is 13.2 Å². The average Bonchev–Trinajstić information content (AvgIpc) is 3.09. The molecular weight excluding hydrogens is 745 g/mol. The minimum atomic E-state index is -3.91. The summed E-state index contributed by atoms with van der Waals surface area (Å²) in [5.41, 5.74) is 1.58. The Labute approximate surface area is 312 Å². The maximum atomic E-state index is 14.0. The summed E-state index contributed by atoms with van der Waals surface area (Å²) < 4.78 is 53.9. The Kier molecular flexibility index (Phi) is 14.7. The minimum Gasteiger partial charge on any atom is -0.457 e. The zero-order chi connectivity index (χ0) is 37.0. The Morgan fingerprint density at radius 3 is 1.78 bits per heavy atom. The van der Waals surface area contributed by atoms with E-state index in [1.807, 2.05) is 60.7 Å². The van der Waals surface area contributed by atoms with E-state index in [1.165, 1.54) is 37.0 Å². The molecule has 0 bridgehead atoms. The lowest BCUT2D eigenvalue weighted by Crippen LogP contribution is -2.70. The minimum absolute atomic E-state index is 0.00127. The highest BCUT2D eigenvalue weighted by Gasteiger charge is 2.55. The number of rotatable bonds is 14. The molecule has 0 saturated carbocycles. The summed E-state index contributed by atoms with van der Waals surface area (Å²) in [6.07, 6.45) is -3.66. The number of halogens is 3. The number of carbonyl (C=O) groups is 3. The fourth-order valence-corrected chi connectivity index (χ4v) is 6.83. The van der Waals surface area contributed by atoms with E-state index in [-0.39, 0.29) is 31.1 Å². The molecule has 0 aromatic heterocycles. The van der Waals surface area contributed by atoms with Gasteiger partial charge >= 0.3 is 18.0 Å². The highest BCUT2D eigenvalue weighted by molar-refractivity contribution is 7.94. The van der Waals surface area contributed by atoms with Crippen molar-refractivity contribution in [3.63, 3.8) is 0 Å². The van der Waals surface area contributed by atoms with Crippen molar-refractivity contribution in [1.29, 1.82) is 0 Å². The second kappa shape index (κ2) is 18.7. The molecule has 1 aliphatic heterocycles. The molecule has 274 valence electrons. The second-order valence-electron chi connectivity index (χ2n) is 11.6. The summed E-state index contributed by atoms with van der Waals surface area (Å²) in [6.45, 7) is 1.58. The number of piperidine rings is 1. The standard InChI is InChI=1S/C36H38Cl3NO10S/c1-25(41)49-32-30(19-12-20-51(44,45)29-17-10-5-11-18-29)40(35(43)48-24-36(37,38)39)31(23-46-21-27-13-6-3-7-14-27)33(50-26(2)42)34(32)47-22-28-15-8-4-9-16-28/h3-18,20,30-34H,19,21-24H2,1-2H3/b20-12+/t30-,31-,32+,33-,34-/m1/s1. The molecule has 51 heavy (non-hydrogen) atoms. The van der Waals surface area contributed by atoms with Gasteiger partial charge in [0.2, 0.25) is 3.79 Å². The number of benzene rings is 3. The molecule has 5 atom stereocenters. The van der Waals surface area contributed by atoms with Crippen LogP contribution in [0.4, 0.5) is 4.79 Å². The van der Waals surface area contributed by atoms with Crippen molar-refractivity contribution >= 4 is 62.7 Å². The van der Waals surface area contributed by atoms with Crippen LogP contribution in [0.2, 0.25) is 0 Å². The van der Waals surface area contributed by atoms with Crippen molar-refractivity contribution in [2.24, 2.45) is 0 Å². The fourth-order valence-electron chi connectivity index (χ4n) is 5.61. The first-order valence-corrected chi connectivity index (χ1v) is 18.5. The Morgan fingerprint density at radius 2 is 1.25 bits per heavy atom. The molecule has 3 aromatic carbocycles. The molecule has 11 nitrogen and oxygen atoms in total. The van der Waals surface area contributed by atoms with Crippen molar-refractivity contribution in [1.82, 2.24) is 4.90 Å². The second-order valence-corrected chi connectivity index (χ2v) is 15.9. The summed E-state index contributed by atoms with van der Waals surface area (Å²) in [6, 6.07) is 23.8. The summed E-state index contributed by atoms with van der Waals surface area (Å²) in [5.74, 6) is -1.46. The van der Waals surface area contributed by atoms with E-state index in [0.717, 1.165) is 16.5 Å². The molecule has 1 heterocycles. The number of alkyl halides is 3. The third-order valence-corrected chi connectivity index (χ3v) is 9.51. The van der Waals surface area contributed by atoms with Crippen molar-refractivity contribution in [3.8, 4) is 0 Å². The van der Waals surface area contributed by atoms with Gasteiger partial charge < -0.3 is 23.7 Å². The number of ether oxygens (including phenoxy) is 5. The number of nitrogens with zero attached hydrogens (tertiary/aromatic N) is 1. The van der Waals surface area contributed by atoms with Gasteiger partial charge in [-0.05, 0) is 29.7 Å². The molecule has 0 N–H and O–H groups in total. The van der Waals surface area contributed by atoms with Gasteiger partial charge in [0.05, 0.1) is 36.8 Å². The smallest absolute Gasteiger partial charge is 0.410 e. The van der Waals surface area contributed by atoms with Crippen molar-refractivity contribution in [2.45, 2.75) is 72.6 Å². The Balaban J connectivity index is 1.81. The highest BCUT2D eigenvalue weighted by Crippen LogP contribution is 2.35. The Hall–Kier alpha value is -3.65. The lowest BCUT2D eigenvalue weighted by Gasteiger charge is -2.51. The van der Waals surface area contributed by atoms with E-state index in [9.17, 15) is 22.8 Å². The quantitative estimate of drug-likeness (QED) is 0.100. The van der Waals surface area contributed by atoms with Crippen LogP contribution in [0.5, 0.6) is 0 Å². The van der Waals surface area contributed by atoms with Crippen LogP contribution in [0.1, 0.15) is 31.4 Å². The Bertz CT molecular complexity index is 1720. The summed E-state index contributed by atoms with van der Waals surface area (Å²) in [7, 11) is -3.91. The number of carbonyl (C=O) groups excluding carboxylic acids is 3. The molecule has 1 saturated heterocycles. The highest BCUT2D eigenvalue weighted by atomic mass is 35.6. The fraction of sp³-hybridized carbons (Fsp3) is 0.361. The third-order valence-electron chi connectivity index (χ3n) is 7.71. The van der Waals surface area contributed by atoms with Crippen molar-refractivity contribution in [3.05, 3.63) is 114 Å². The topological polar surface area (TPSA) is 135 Å². The molecule has 15 heteroatoms. The van der Waals surface area contributed by atoms with E-state index in [2.05, 4.69) is 0 Å². The number of hydrogen-bond acceptors (Lipinski definition) is 10. The summed E-state index contributed by atoms with van der Waals surface area (Å²) >= 11 is 17.8. The van der Waals surface area contributed by atoms with Gasteiger partial charge in [-0.1, -0.05) is 120 Å². The van der Waals surface area contributed by atoms with Crippen LogP contribution in [0.3, 0.4) is 0 Å². The summed E-state index contributed by atoms with van der Waals surface area (Å²) in [4.78, 5) is 40.6. The first kappa shape index (κ1) is 40.1. The van der Waals surface area contributed by atoms with Crippen LogP contribution >= 0.6 is 34.8 Å². The average molecular weight is 783 g/mol. The van der Waals surface area contributed by atoms with E-state index < -0.39 is 68.7 Å². The first-order chi connectivity index (χ1) is 24.2. The number of esters is 2. The van der Waals surface area contributed by atoms with Gasteiger partial charge in [0.15, 0.2) is 22.0 Å². The van der Waals surface area contributed by atoms with E-state index >= 15 is 0 Å². The number of sulfone groups is 1. The van der Waals surface area contributed by atoms with Crippen LogP contribution in [-0.2, 0) is 56.3 Å². The van der Waals surface area contributed by atoms with Crippen LogP contribution in [0, 0.1) is 0 Å². The van der Waals surface area contributed by atoms with E-state index in [1.54, 1.807) is 18.2 Å². The largest absolute Gasteiger partial charge is 0.457 e.